The number of amides is 2. The van der Waals surface area contributed by atoms with Crippen LogP contribution in [0.1, 0.15) is 19.0 Å². The van der Waals surface area contributed by atoms with Crippen LogP contribution in [0, 0.1) is 0 Å². The van der Waals surface area contributed by atoms with E-state index in [-0.39, 0.29) is 37.2 Å². The van der Waals surface area contributed by atoms with Crippen LogP contribution in [0.2, 0.25) is 0 Å². The van der Waals surface area contributed by atoms with E-state index in [1.54, 1.807) is 19.2 Å². The Bertz CT molecular complexity index is 437. The van der Waals surface area contributed by atoms with Gasteiger partial charge < -0.3 is 16.0 Å². The quantitative estimate of drug-likeness (QED) is 0.806. The van der Waals surface area contributed by atoms with Gasteiger partial charge in [-0.2, -0.15) is 0 Å². The highest BCUT2D eigenvalue weighted by atomic mass is 35.5. The minimum atomic E-state index is -0.174. The number of pyridine rings is 1. The van der Waals surface area contributed by atoms with Gasteiger partial charge in [-0.05, 0) is 18.6 Å². The summed E-state index contributed by atoms with van der Waals surface area (Å²) in [5, 5.41) is 2.52. The Morgan fingerprint density at radius 1 is 1.40 bits per heavy atom. The zero-order valence-corrected chi connectivity index (χ0v) is 12.6. The number of hydrogen-bond donors (Lipinski definition) is 2. The van der Waals surface area contributed by atoms with Crippen molar-refractivity contribution >= 4 is 29.9 Å². The molecule has 0 spiro atoms. The summed E-state index contributed by atoms with van der Waals surface area (Å²) >= 11 is 0. The first kappa shape index (κ1) is 18.2. The lowest BCUT2D eigenvalue weighted by atomic mass is 10.2. The number of rotatable bonds is 6. The molecule has 0 radical (unpaired) electrons. The molecule has 0 aromatic carbocycles. The number of nitrogens with two attached hydrogens (primary N) is 1. The van der Waals surface area contributed by atoms with Crippen molar-refractivity contribution in [3.63, 3.8) is 0 Å². The number of carbonyl (C=O) groups is 2. The van der Waals surface area contributed by atoms with E-state index < -0.39 is 0 Å². The van der Waals surface area contributed by atoms with Gasteiger partial charge in [0.25, 0.3) is 0 Å². The third-order valence-corrected chi connectivity index (χ3v) is 2.64. The Labute approximate surface area is 125 Å². The topological polar surface area (TPSA) is 88.3 Å². The van der Waals surface area contributed by atoms with Crippen molar-refractivity contribution in [1.29, 1.82) is 0 Å². The molecule has 1 rings (SSSR count). The second kappa shape index (κ2) is 9.14. The molecule has 1 aromatic rings. The Hall–Kier alpha value is -1.82. The number of carbonyl (C=O) groups excluding carboxylic acids is 2. The summed E-state index contributed by atoms with van der Waals surface area (Å²) in [6.45, 7) is 2.60. The minimum Gasteiger partial charge on any atom is -0.397 e. The number of nitrogens with one attached hydrogen (secondary N) is 1. The highest BCUT2D eigenvalue weighted by Crippen LogP contribution is 2.04. The van der Waals surface area contributed by atoms with Crippen LogP contribution in [-0.2, 0) is 16.0 Å². The monoisotopic (exact) mass is 300 g/mol. The molecule has 0 fully saturated rings. The molecule has 0 saturated carbocycles. The van der Waals surface area contributed by atoms with Crippen molar-refractivity contribution in [3.05, 3.63) is 24.0 Å². The van der Waals surface area contributed by atoms with Crippen LogP contribution < -0.4 is 11.1 Å². The number of hydrogen-bond acceptors (Lipinski definition) is 4. The highest BCUT2D eigenvalue weighted by molar-refractivity contribution is 5.85. The molecule has 0 saturated heterocycles. The molecule has 0 atom stereocenters. The molecule has 1 aromatic heterocycles. The van der Waals surface area contributed by atoms with E-state index in [1.807, 2.05) is 6.92 Å². The Kier molecular flexibility index (Phi) is 8.31. The molecule has 2 amide bonds. The molecular weight excluding hydrogens is 280 g/mol. The van der Waals surface area contributed by atoms with E-state index >= 15 is 0 Å². The van der Waals surface area contributed by atoms with E-state index in [9.17, 15) is 9.59 Å². The van der Waals surface area contributed by atoms with Crippen molar-refractivity contribution in [2.24, 2.45) is 0 Å². The lowest BCUT2D eigenvalue weighted by Crippen LogP contribution is -2.40. The standard InChI is InChI=1S/C13H20N4O2.ClH/c1-3-6-17(9-12(18)15-2)13(19)7-11-5-4-10(14)8-16-11;/h4-5,8H,3,6-7,9,14H2,1-2H3,(H,15,18);1H. The van der Waals surface area contributed by atoms with E-state index in [0.29, 0.717) is 17.9 Å². The second-order valence-corrected chi connectivity index (χ2v) is 4.25. The summed E-state index contributed by atoms with van der Waals surface area (Å²) in [6.07, 6.45) is 2.50. The largest absolute Gasteiger partial charge is 0.397 e. The van der Waals surface area contributed by atoms with Crippen molar-refractivity contribution in [2.45, 2.75) is 19.8 Å². The molecule has 6 nitrogen and oxygen atoms in total. The van der Waals surface area contributed by atoms with Gasteiger partial charge in [-0.1, -0.05) is 6.92 Å². The van der Waals surface area contributed by atoms with Gasteiger partial charge in [-0.3, -0.25) is 14.6 Å². The van der Waals surface area contributed by atoms with Gasteiger partial charge in [0.2, 0.25) is 11.8 Å². The minimum absolute atomic E-state index is 0. The summed E-state index contributed by atoms with van der Waals surface area (Å²) in [4.78, 5) is 29.1. The Morgan fingerprint density at radius 3 is 2.60 bits per heavy atom. The van der Waals surface area contributed by atoms with Gasteiger partial charge in [0.05, 0.1) is 24.8 Å². The van der Waals surface area contributed by atoms with E-state index in [1.165, 1.54) is 11.1 Å². The van der Waals surface area contributed by atoms with Gasteiger partial charge in [-0.25, -0.2) is 0 Å². The predicted octanol–water partition coefficient (Wildman–Crippen LogP) is 0.613. The van der Waals surface area contributed by atoms with Crippen LogP contribution >= 0.6 is 12.4 Å². The SMILES string of the molecule is CCCN(CC(=O)NC)C(=O)Cc1ccc(N)cn1.Cl. The highest BCUT2D eigenvalue weighted by Gasteiger charge is 2.16. The molecule has 1 heterocycles. The first-order valence-corrected chi connectivity index (χ1v) is 6.25. The van der Waals surface area contributed by atoms with Crippen LogP contribution in [0.4, 0.5) is 5.69 Å². The molecule has 7 heteroatoms. The summed E-state index contributed by atoms with van der Waals surface area (Å²) in [7, 11) is 1.55. The van der Waals surface area contributed by atoms with E-state index in [0.717, 1.165) is 6.42 Å². The zero-order chi connectivity index (χ0) is 14.3. The normalized spacial score (nSPS) is 9.50. The molecule has 3 N–H and O–H groups in total. The van der Waals surface area contributed by atoms with Gasteiger partial charge >= 0.3 is 0 Å². The fourth-order valence-electron chi connectivity index (χ4n) is 1.62. The molecule has 0 aliphatic heterocycles. The lowest BCUT2D eigenvalue weighted by molar-refractivity contribution is -0.135. The second-order valence-electron chi connectivity index (χ2n) is 4.25. The third-order valence-electron chi connectivity index (χ3n) is 2.64. The number of nitrogen functional groups attached to an aromatic ring is 1. The molecular formula is C13H21ClN4O2. The number of nitrogens with zero attached hydrogens (tertiary/aromatic N) is 2. The Morgan fingerprint density at radius 2 is 2.10 bits per heavy atom. The maximum absolute atomic E-state index is 12.1. The van der Waals surface area contributed by atoms with E-state index in [4.69, 9.17) is 5.73 Å². The van der Waals surface area contributed by atoms with Crippen molar-refractivity contribution < 1.29 is 9.59 Å². The lowest BCUT2D eigenvalue weighted by Gasteiger charge is -2.21. The first-order valence-electron chi connectivity index (χ1n) is 6.25. The van der Waals surface area contributed by atoms with Crippen LogP contribution in [-0.4, -0.2) is 41.8 Å². The smallest absolute Gasteiger partial charge is 0.239 e. The fraction of sp³-hybridized carbons (Fsp3) is 0.462. The molecule has 0 aliphatic rings. The van der Waals surface area contributed by atoms with Crippen molar-refractivity contribution in [1.82, 2.24) is 15.2 Å². The van der Waals surface area contributed by atoms with Gasteiger partial charge in [0, 0.05) is 19.3 Å². The van der Waals surface area contributed by atoms with Gasteiger partial charge in [0.1, 0.15) is 0 Å². The molecule has 20 heavy (non-hydrogen) atoms. The van der Waals surface area contributed by atoms with Gasteiger partial charge in [-0.15, -0.1) is 12.4 Å². The van der Waals surface area contributed by atoms with Crippen LogP contribution in [0.15, 0.2) is 18.3 Å². The number of halogens is 1. The molecule has 0 unspecified atom stereocenters. The third kappa shape index (κ3) is 5.88. The maximum Gasteiger partial charge on any atom is 0.239 e. The van der Waals surface area contributed by atoms with Crippen molar-refractivity contribution in [3.8, 4) is 0 Å². The van der Waals surface area contributed by atoms with Crippen molar-refractivity contribution in [2.75, 3.05) is 25.9 Å². The number of likely N-dealkylation sites (N-methyl/N-ethyl adjacent to an activating group) is 1. The first-order chi connectivity index (χ1) is 9.06. The van der Waals surface area contributed by atoms with Crippen LogP contribution in [0.3, 0.4) is 0 Å². The maximum atomic E-state index is 12.1. The zero-order valence-electron chi connectivity index (χ0n) is 11.8. The molecule has 0 aliphatic carbocycles. The number of anilines is 1. The fourth-order valence-corrected chi connectivity index (χ4v) is 1.62. The summed E-state index contributed by atoms with van der Waals surface area (Å²) in [5.41, 5.74) is 6.75. The Balaban J connectivity index is 0.00000361. The number of aromatic nitrogens is 1. The van der Waals surface area contributed by atoms with Crippen LogP contribution in [0.5, 0.6) is 0 Å². The predicted molar refractivity (Wildman–Crippen MR) is 80.5 cm³/mol. The average molecular weight is 301 g/mol. The molecule has 112 valence electrons. The van der Waals surface area contributed by atoms with Crippen LogP contribution in [0.25, 0.3) is 0 Å². The van der Waals surface area contributed by atoms with E-state index in [2.05, 4.69) is 10.3 Å². The van der Waals surface area contributed by atoms with Gasteiger partial charge in [0.15, 0.2) is 0 Å². The summed E-state index contributed by atoms with van der Waals surface area (Å²) in [5.74, 6) is -0.283. The average Bonchev–Trinajstić information content (AvgIpc) is 2.40. The molecule has 0 bridgehead atoms. The summed E-state index contributed by atoms with van der Waals surface area (Å²) < 4.78 is 0. The summed E-state index contributed by atoms with van der Waals surface area (Å²) in [6, 6.07) is 3.43.